The van der Waals surface area contributed by atoms with Crippen molar-refractivity contribution in [3.63, 3.8) is 0 Å². The van der Waals surface area contributed by atoms with Crippen molar-refractivity contribution in [1.29, 1.82) is 0 Å². The molecule has 33 heavy (non-hydrogen) atoms. The van der Waals surface area contributed by atoms with E-state index in [9.17, 15) is 4.79 Å². The zero-order valence-electron chi connectivity index (χ0n) is 19.1. The summed E-state index contributed by atoms with van der Waals surface area (Å²) in [5.74, 6) is -0.123. The molecule has 0 atom stereocenters. The van der Waals surface area contributed by atoms with Crippen molar-refractivity contribution < 1.29 is 4.79 Å². The number of hydrogen-bond donors (Lipinski definition) is 1. The summed E-state index contributed by atoms with van der Waals surface area (Å²) in [7, 11) is 5.59. The predicted molar refractivity (Wildman–Crippen MR) is 130 cm³/mol. The second kappa shape index (κ2) is 8.63. The van der Waals surface area contributed by atoms with E-state index in [1.54, 1.807) is 32.6 Å². The molecule has 8 heteroatoms. The SMILES string of the molecule is CN1CCN(c2ccc(-c3cnc4[nH]cc(-c5ccc(C(=O)N(C)C)nc5)c4n3)cc2)CC1. The largest absolute Gasteiger partial charge is 0.369 e. The van der Waals surface area contributed by atoms with Crippen LogP contribution in [-0.4, -0.2) is 83.0 Å². The summed E-state index contributed by atoms with van der Waals surface area (Å²) < 4.78 is 0. The van der Waals surface area contributed by atoms with Gasteiger partial charge in [0.2, 0.25) is 0 Å². The number of aromatic nitrogens is 4. The molecular weight excluding hydrogens is 414 g/mol. The van der Waals surface area contributed by atoms with E-state index in [4.69, 9.17) is 4.98 Å². The number of H-pyrrole nitrogens is 1. The van der Waals surface area contributed by atoms with E-state index in [2.05, 4.69) is 56.1 Å². The Morgan fingerprint density at radius 1 is 0.939 bits per heavy atom. The highest BCUT2D eigenvalue weighted by molar-refractivity contribution is 5.94. The molecule has 4 heterocycles. The summed E-state index contributed by atoms with van der Waals surface area (Å²) in [6, 6.07) is 12.2. The molecule has 1 fully saturated rings. The van der Waals surface area contributed by atoms with Crippen LogP contribution in [0.1, 0.15) is 10.5 Å². The zero-order valence-corrected chi connectivity index (χ0v) is 19.1. The number of carbonyl (C=O) groups is 1. The molecule has 0 saturated carbocycles. The molecule has 8 nitrogen and oxygen atoms in total. The number of anilines is 1. The molecule has 0 radical (unpaired) electrons. The van der Waals surface area contributed by atoms with E-state index in [1.165, 1.54) is 10.6 Å². The van der Waals surface area contributed by atoms with Crippen molar-refractivity contribution >= 4 is 22.8 Å². The minimum Gasteiger partial charge on any atom is -0.369 e. The third-order valence-electron chi connectivity index (χ3n) is 6.11. The Morgan fingerprint density at radius 2 is 1.67 bits per heavy atom. The average molecular weight is 442 g/mol. The predicted octanol–water partition coefficient (Wildman–Crippen LogP) is 3.14. The summed E-state index contributed by atoms with van der Waals surface area (Å²) in [4.78, 5) is 35.4. The number of nitrogens with one attached hydrogen (secondary N) is 1. The smallest absolute Gasteiger partial charge is 0.271 e. The van der Waals surface area contributed by atoms with Gasteiger partial charge in [0.05, 0.1) is 11.9 Å². The Balaban J connectivity index is 1.42. The first kappa shape index (κ1) is 21.1. The topological polar surface area (TPSA) is 81.2 Å². The Kier molecular flexibility index (Phi) is 5.51. The quantitative estimate of drug-likeness (QED) is 0.524. The van der Waals surface area contributed by atoms with Crippen LogP contribution in [0.15, 0.2) is 55.0 Å². The second-order valence-electron chi connectivity index (χ2n) is 8.62. The van der Waals surface area contributed by atoms with Crippen molar-refractivity contribution in [3.05, 3.63) is 60.7 Å². The van der Waals surface area contributed by atoms with Gasteiger partial charge >= 0.3 is 0 Å². The number of nitrogens with zero attached hydrogens (tertiary/aromatic N) is 6. The van der Waals surface area contributed by atoms with Crippen molar-refractivity contribution in [1.82, 2.24) is 29.7 Å². The van der Waals surface area contributed by atoms with Crippen LogP contribution in [0.5, 0.6) is 0 Å². The Morgan fingerprint density at radius 3 is 2.33 bits per heavy atom. The van der Waals surface area contributed by atoms with Crippen molar-refractivity contribution in [2.24, 2.45) is 0 Å². The van der Waals surface area contributed by atoms with E-state index in [0.717, 1.165) is 59.7 Å². The zero-order chi connectivity index (χ0) is 22.9. The lowest BCUT2D eigenvalue weighted by molar-refractivity contribution is 0.0822. The maximum Gasteiger partial charge on any atom is 0.271 e. The van der Waals surface area contributed by atoms with Crippen LogP contribution in [0.25, 0.3) is 33.5 Å². The molecule has 1 aliphatic heterocycles. The normalized spacial score (nSPS) is 14.6. The minimum atomic E-state index is -0.123. The van der Waals surface area contributed by atoms with E-state index >= 15 is 0 Å². The number of carbonyl (C=O) groups excluding carboxylic acids is 1. The third kappa shape index (κ3) is 4.17. The van der Waals surface area contributed by atoms with Gasteiger partial charge in [-0.15, -0.1) is 0 Å². The summed E-state index contributed by atoms with van der Waals surface area (Å²) >= 11 is 0. The summed E-state index contributed by atoms with van der Waals surface area (Å²) in [5.41, 5.74) is 6.79. The summed E-state index contributed by atoms with van der Waals surface area (Å²) in [5, 5.41) is 0. The van der Waals surface area contributed by atoms with Gasteiger partial charge in [0.15, 0.2) is 5.65 Å². The molecule has 1 aromatic carbocycles. The van der Waals surface area contributed by atoms with E-state index < -0.39 is 0 Å². The second-order valence-corrected chi connectivity index (χ2v) is 8.62. The number of benzene rings is 1. The molecule has 0 spiro atoms. The van der Waals surface area contributed by atoms with Gasteiger partial charge in [-0.3, -0.25) is 9.78 Å². The number of hydrogen-bond acceptors (Lipinski definition) is 6. The molecule has 168 valence electrons. The fourth-order valence-electron chi connectivity index (χ4n) is 4.07. The molecule has 0 unspecified atom stereocenters. The molecule has 1 saturated heterocycles. The maximum absolute atomic E-state index is 12.1. The van der Waals surface area contributed by atoms with Gasteiger partial charge in [0.25, 0.3) is 5.91 Å². The van der Waals surface area contributed by atoms with Crippen molar-refractivity contribution in [2.45, 2.75) is 0 Å². The van der Waals surface area contributed by atoms with Crippen LogP contribution in [0.3, 0.4) is 0 Å². The lowest BCUT2D eigenvalue weighted by atomic mass is 10.1. The molecule has 0 aliphatic carbocycles. The van der Waals surface area contributed by atoms with Crippen LogP contribution in [-0.2, 0) is 0 Å². The van der Waals surface area contributed by atoms with Gasteiger partial charge in [0, 0.05) is 75.0 Å². The molecule has 0 bridgehead atoms. The number of fused-ring (bicyclic) bond motifs is 1. The number of piperazine rings is 1. The van der Waals surface area contributed by atoms with E-state index in [1.807, 2.05) is 12.3 Å². The molecule has 4 aromatic rings. The van der Waals surface area contributed by atoms with Gasteiger partial charge < -0.3 is 19.7 Å². The number of likely N-dealkylation sites (N-methyl/N-ethyl adjacent to an activating group) is 1. The Hall–Kier alpha value is -3.78. The third-order valence-corrected chi connectivity index (χ3v) is 6.11. The van der Waals surface area contributed by atoms with Gasteiger partial charge in [0.1, 0.15) is 11.2 Å². The van der Waals surface area contributed by atoms with Gasteiger partial charge in [-0.2, -0.15) is 0 Å². The number of amides is 1. The van der Waals surface area contributed by atoms with Gasteiger partial charge in [-0.1, -0.05) is 18.2 Å². The number of rotatable bonds is 4. The monoisotopic (exact) mass is 441 g/mol. The molecule has 1 N–H and O–H groups in total. The first-order chi connectivity index (χ1) is 16.0. The highest BCUT2D eigenvalue weighted by atomic mass is 16.2. The standard InChI is InChI=1S/C25H27N7O/c1-30(2)25(33)21-9-6-18(14-26-21)20-15-27-24-23(20)29-22(16-28-24)17-4-7-19(8-5-17)32-12-10-31(3)11-13-32/h4-9,14-16H,10-13H2,1-3H3,(H,27,28). The first-order valence-electron chi connectivity index (χ1n) is 11.1. The molecule has 5 rings (SSSR count). The molecule has 3 aromatic heterocycles. The average Bonchev–Trinajstić information content (AvgIpc) is 3.27. The Labute approximate surface area is 192 Å². The minimum absolute atomic E-state index is 0.123. The fourth-order valence-corrected chi connectivity index (χ4v) is 4.07. The van der Waals surface area contributed by atoms with Crippen molar-refractivity contribution in [3.8, 4) is 22.4 Å². The Bertz CT molecular complexity index is 1270. The molecule has 1 amide bonds. The van der Waals surface area contributed by atoms with Crippen LogP contribution >= 0.6 is 0 Å². The van der Waals surface area contributed by atoms with Crippen LogP contribution in [0.2, 0.25) is 0 Å². The van der Waals surface area contributed by atoms with Crippen molar-refractivity contribution in [2.75, 3.05) is 52.2 Å². The highest BCUT2D eigenvalue weighted by Gasteiger charge is 2.16. The summed E-state index contributed by atoms with van der Waals surface area (Å²) in [6.07, 6.45) is 5.39. The van der Waals surface area contributed by atoms with Crippen LogP contribution in [0.4, 0.5) is 5.69 Å². The first-order valence-corrected chi connectivity index (χ1v) is 11.1. The van der Waals surface area contributed by atoms with E-state index in [-0.39, 0.29) is 5.91 Å². The highest BCUT2D eigenvalue weighted by Crippen LogP contribution is 2.29. The van der Waals surface area contributed by atoms with Gasteiger partial charge in [-0.05, 0) is 25.2 Å². The molecule has 1 aliphatic rings. The number of aromatic amines is 1. The summed E-state index contributed by atoms with van der Waals surface area (Å²) in [6.45, 7) is 4.25. The molecular formula is C25H27N7O. The lowest BCUT2D eigenvalue weighted by Gasteiger charge is -2.34. The fraction of sp³-hybridized carbons (Fsp3) is 0.280. The number of pyridine rings is 1. The lowest BCUT2D eigenvalue weighted by Crippen LogP contribution is -2.44. The van der Waals surface area contributed by atoms with E-state index in [0.29, 0.717) is 5.69 Å². The maximum atomic E-state index is 12.1. The van der Waals surface area contributed by atoms with Gasteiger partial charge in [-0.25, -0.2) is 9.97 Å². The van der Waals surface area contributed by atoms with Crippen LogP contribution in [0, 0.1) is 0 Å². The van der Waals surface area contributed by atoms with Crippen LogP contribution < -0.4 is 4.90 Å².